The molecular weight excluding hydrogens is 470 g/mol. The zero-order chi connectivity index (χ0) is 24.8. The lowest BCUT2D eigenvalue weighted by Gasteiger charge is -2.28. The largest absolute Gasteiger partial charge is 0.479 e. The van der Waals surface area contributed by atoms with Gasteiger partial charge in [-0.25, -0.2) is 9.78 Å². The van der Waals surface area contributed by atoms with Gasteiger partial charge in [0.2, 0.25) is 0 Å². The molecule has 0 saturated heterocycles. The number of thiazole rings is 1. The zero-order valence-corrected chi connectivity index (χ0v) is 21.7. The zero-order valence-electron chi connectivity index (χ0n) is 20.1. The van der Waals surface area contributed by atoms with Crippen molar-refractivity contribution < 1.29 is 14.6 Å². The molecule has 0 radical (unpaired) electrons. The molecule has 34 heavy (non-hydrogen) atoms. The third-order valence-corrected chi connectivity index (χ3v) is 6.89. The van der Waals surface area contributed by atoms with E-state index in [9.17, 15) is 9.90 Å². The van der Waals surface area contributed by atoms with Crippen molar-refractivity contribution in [2.75, 3.05) is 0 Å². The summed E-state index contributed by atoms with van der Waals surface area (Å²) < 4.78 is 8.26. The Morgan fingerprint density at radius 2 is 1.88 bits per heavy atom. The number of nitrogens with zero attached hydrogens (tertiary/aromatic N) is 3. The number of halogens is 1. The summed E-state index contributed by atoms with van der Waals surface area (Å²) in [4.78, 5) is 22.8. The van der Waals surface area contributed by atoms with Gasteiger partial charge < -0.3 is 14.4 Å². The minimum atomic E-state index is -1.17. The van der Waals surface area contributed by atoms with Crippen molar-refractivity contribution >= 4 is 39.9 Å². The molecule has 6 nitrogen and oxygen atoms in total. The lowest BCUT2D eigenvalue weighted by Crippen LogP contribution is -2.28. The Labute approximate surface area is 208 Å². The highest BCUT2D eigenvalue weighted by atomic mass is 35.5. The number of hydrogen-bond donors (Lipinski definition) is 1. The summed E-state index contributed by atoms with van der Waals surface area (Å²) in [6.45, 7) is 12.2. The quantitative estimate of drug-likeness (QED) is 0.319. The number of aromatic nitrogens is 3. The topological polar surface area (TPSA) is 77.2 Å². The van der Waals surface area contributed by atoms with E-state index in [1.165, 1.54) is 0 Å². The fourth-order valence-corrected chi connectivity index (χ4v) is 5.00. The number of carboxylic acid groups (broad SMARTS) is 1. The van der Waals surface area contributed by atoms with E-state index < -0.39 is 17.7 Å². The monoisotopic (exact) mass is 497 g/mol. The summed E-state index contributed by atoms with van der Waals surface area (Å²) in [5.41, 5.74) is 6.98. The molecule has 0 amide bonds. The van der Waals surface area contributed by atoms with Crippen molar-refractivity contribution in [2.24, 2.45) is 0 Å². The number of pyridine rings is 1. The Kier molecular flexibility index (Phi) is 6.55. The number of ether oxygens (including phenoxy) is 1. The summed E-state index contributed by atoms with van der Waals surface area (Å²) in [5, 5.41) is 11.8. The van der Waals surface area contributed by atoms with Gasteiger partial charge in [0.15, 0.2) is 6.10 Å². The highest BCUT2D eigenvalue weighted by Crippen LogP contribution is 2.42. The van der Waals surface area contributed by atoms with Crippen LogP contribution in [0.2, 0.25) is 5.02 Å². The highest BCUT2D eigenvalue weighted by molar-refractivity contribution is 7.09. The Morgan fingerprint density at radius 3 is 2.44 bits per heavy atom. The van der Waals surface area contributed by atoms with Crippen LogP contribution in [0.1, 0.15) is 54.3 Å². The van der Waals surface area contributed by atoms with E-state index in [-0.39, 0.29) is 0 Å². The molecule has 1 atom stereocenters. The fourth-order valence-electron chi connectivity index (χ4n) is 4.29. The number of carboxylic acids is 1. The molecule has 1 N–H and O–H groups in total. The molecule has 0 aliphatic carbocycles. The van der Waals surface area contributed by atoms with Crippen LogP contribution >= 0.6 is 22.9 Å². The molecule has 4 aromatic rings. The molecular formula is C26H28ClN3O3S. The van der Waals surface area contributed by atoms with Crippen molar-refractivity contribution in [1.29, 1.82) is 0 Å². The standard InChI is InChI=1S/C26H28ClN3O3S/c1-14-16(3)30(12-19-11-28-13-34-19)24-20(14)22(17-7-9-18(27)10-8-17)21(15(2)29-24)23(25(31)32)33-26(4,5)6/h7-11,13,23H,12H2,1-6H3,(H,31,32)/t23-/m0/s1. The van der Waals surface area contributed by atoms with Crippen LogP contribution in [-0.4, -0.2) is 31.2 Å². The molecule has 178 valence electrons. The van der Waals surface area contributed by atoms with Gasteiger partial charge in [-0.05, 0) is 64.8 Å². The lowest BCUT2D eigenvalue weighted by atomic mass is 9.91. The molecule has 4 rings (SSSR count). The number of benzene rings is 1. The van der Waals surface area contributed by atoms with Gasteiger partial charge in [0.1, 0.15) is 5.65 Å². The molecule has 3 heterocycles. The smallest absolute Gasteiger partial charge is 0.337 e. The Bertz CT molecular complexity index is 1350. The van der Waals surface area contributed by atoms with E-state index in [1.54, 1.807) is 11.3 Å². The predicted octanol–water partition coefficient (Wildman–Crippen LogP) is 6.73. The van der Waals surface area contributed by atoms with Gasteiger partial charge >= 0.3 is 5.97 Å². The molecule has 0 bridgehead atoms. The van der Waals surface area contributed by atoms with Crippen LogP contribution in [0, 0.1) is 20.8 Å². The van der Waals surface area contributed by atoms with Gasteiger partial charge in [-0.15, -0.1) is 11.3 Å². The summed E-state index contributed by atoms with van der Waals surface area (Å²) in [5.74, 6) is -1.05. The van der Waals surface area contributed by atoms with Crippen LogP contribution in [0.15, 0.2) is 36.0 Å². The van der Waals surface area contributed by atoms with Crippen LogP contribution in [0.3, 0.4) is 0 Å². The van der Waals surface area contributed by atoms with Gasteiger partial charge in [-0.2, -0.15) is 0 Å². The number of carbonyl (C=O) groups is 1. The Balaban J connectivity index is 2.09. The molecule has 1 aromatic carbocycles. The summed E-state index contributed by atoms with van der Waals surface area (Å²) in [6.07, 6.45) is 0.691. The van der Waals surface area contributed by atoms with Crippen molar-refractivity contribution in [1.82, 2.24) is 14.5 Å². The minimum absolute atomic E-state index is 0.565. The average Bonchev–Trinajstić information content (AvgIpc) is 3.34. The highest BCUT2D eigenvalue weighted by Gasteiger charge is 2.33. The maximum atomic E-state index is 12.5. The van der Waals surface area contributed by atoms with Crippen LogP contribution in [0.4, 0.5) is 0 Å². The number of fused-ring (bicyclic) bond motifs is 1. The Hall–Kier alpha value is -2.74. The molecule has 0 spiro atoms. The minimum Gasteiger partial charge on any atom is -0.479 e. The molecule has 8 heteroatoms. The summed E-state index contributed by atoms with van der Waals surface area (Å²) >= 11 is 7.79. The first-order valence-electron chi connectivity index (χ1n) is 11.0. The van der Waals surface area contributed by atoms with E-state index in [2.05, 4.69) is 23.4 Å². The van der Waals surface area contributed by atoms with Crippen LogP contribution in [0.25, 0.3) is 22.2 Å². The average molecular weight is 498 g/mol. The lowest BCUT2D eigenvalue weighted by molar-refractivity contribution is -0.160. The van der Waals surface area contributed by atoms with E-state index >= 15 is 0 Å². The third-order valence-electron chi connectivity index (χ3n) is 5.87. The van der Waals surface area contributed by atoms with Gasteiger partial charge in [0.05, 0.1) is 17.7 Å². The van der Waals surface area contributed by atoms with Gasteiger partial charge in [0, 0.05) is 44.0 Å². The first-order chi connectivity index (χ1) is 16.0. The van der Waals surface area contributed by atoms with E-state index in [0.29, 0.717) is 22.8 Å². The van der Waals surface area contributed by atoms with Crippen molar-refractivity contribution in [3.8, 4) is 11.1 Å². The second-order valence-electron chi connectivity index (χ2n) is 9.40. The third kappa shape index (κ3) is 4.60. The van der Waals surface area contributed by atoms with Gasteiger partial charge in [0.25, 0.3) is 0 Å². The van der Waals surface area contributed by atoms with Crippen LogP contribution in [-0.2, 0) is 16.1 Å². The maximum Gasteiger partial charge on any atom is 0.337 e. The van der Waals surface area contributed by atoms with Gasteiger partial charge in [-0.1, -0.05) is 23.7 Å². The normalized spacial score (nSPS) is 12.9. The number of rotatable bonds is 6. The number of aryl methyl sites for hydroxylation is 2. The molecule has 0 aliphatic rings. The first kappa shape index (κ1) is 24.4. The van der Waals surface area contributed by atoms with Crippen LogP contribution in [0.5, 0.6) is 0 Å². The molecule has 0 aliphatic heterocycles. The molecule has 0 saturated carbocycles. The van der Waals surface area contributed by atoms with Crippen molar-refractivity contribution in [3.63, 3.8) is 0 Å². The molecule has 0 unspecified atom stereocenters. The fraction of sp³-hybridized carbons (Fsp3) is 0.346. The Morgan fingerprint density at radius 1 is 1.21 bits per heavy atom. The summed E-state index contributed by atoms with van der Waals surface area (Å²) in [7, 11) is 0. The van der Waals surface area contributed by atoms with E-state index in [1.807, 2.05) is 63.7 Å². The van der Waals surface area contributed by atoms with E-state index in [4.69, 9.17) is 21.3 Å². The van der Waals surface area contributed by atoms with E-state index in [0.717, 1.165) is 38.3 Å². The van der Waals surface area contributed by atoms with Crippen molar-refractivity contribution in [2.45, 2.75) is 59.8 Å². The SMILES string of the molecule is Cc1nc2c(c(C)c(C)n2Cc2cncs2)c(-c2ccc(Cl)cc2)c1[C@H](OC(C)(C)C)C(=O)O. The van der Waals surface area contributed by atoms with Crippen LogP contribution < -0.4 is 0 Å². The number of hydrogen-bond acceptors (Lipinski definition) is 5. The van der Waals surface area contributed by atoms with Crippen molar-refractivity contribution in [3.05, 3.63) is 68.4 Å². The molecule has 3 aromatic heterocycles. The first-order valence-corrected chi connectivity index (χ1v) is 12.3. The second-order valence-corrected chi connectivity index (χ2v) is 10.8. The number of aliphatic carboxylic acids is 1. The maximum absolute atomic E-state index is 12.5. The molecule has 0 fully saturated rings. The van der Waals surface area contributed by atoms with Gasteiger partial charge in [-0.3, -0.25) is 4.98 Å². The summed E-state index contributed by atoms with van der Waals surface area (Å²) in [6, 6.07) is 7.48. The predicted molar refractivity (Wildman–Crippen MR) is 137 cm³/mol. The second kappa shape index (κ2) is 9.13.